The fourth-order valence-electron chi connectivity index (χ4n) is 1.81. The Morgan fingerprint density at radius 3 is 2.31 bits per heavy atom. The van der Waals surface area contributed by atoms with Crippen molar-refractivity contribution in [2.45, 2.75) is 13.8 Å². The van der Waals surface area contributed by atoms with E-state index in [2.05, 4.69) is 24.9 Å². The number of halogens is 1. The Hall–Kier alpha value is -2.11. The van der Waals surface area contributed by atoms with Gasteiger partial charge in [0, 0.05) is 11.1 Å². The summed E-state index contributed by atoms with van der Waals surface area (Å²) in [5.41, 5.74) is 3.90. The van der Waals surface area contributed by atoms with Gasteiger partial charge in [0.1, 0.15) is 11.0 Å². The number of aromatic nitrogens is 4. The number of hydrogen-bond acceptors (Lipinski definition) is 5. The Balaban J connectivity index is 2.64. The molecule has 0 aliphatic heterocycles. The molecule has 0 aliphatic rings. The van der Waals surface area contributed by atoms with E-state index >= 15 is 0 Å². The molecule has 0 fully saturated rings. The van der Waals surface area contributed by atoms with Crippen LogP contribution in [0.25, 0.3) is 22.1 Å². The van der Waals surface area contributed by atoms with Crippen molar-refractivity contribution >= 4 is 22.1 Å². The average molecular weight is 218 g/mol. The van der Waals surface area contributed by atoms with E-state index in [-0.39, 0.29) is 0 Å². The molecule has 16 heavy (non-hydrogen) atoms. The van der Waals surface area contributed by atoms with Crippen molar-refractivity contribution in [3.8, 4) is 0 Å². The summed E-state index contributed by atoms with van der Waals surface area (Å²) in [5.74, 6) is -0.606. The van der Waals surface area contributed by atoms with Gasteiger partial charge in [-0.3, -0.25) is 0 Å². The summed E-state index contributed by atoms with van der Waals surface area (Å²) in [6.45, 7) is 3.63. The number of nitrogens with zero attached hydrogens (tertiary/aromatic N) is 4. The van der Waals surface area contributed by atoms with Crippen LogP contribution in [0.2, 0.25) is 0 Å². The van der Waals surface area contributed by atoms with E-state index in [1.807, 2.05) is 6.92 Å². The third-order valence-corrected chi connectivity index (χ3v) is 2.65. The average Bonchev–Trinajstić information content (AvgIpc) is 2.75. The van der Waals surface area contributed by atoms with E-state index in [9.17, 15) is 4.39 Å². The maximum absolute atomic E-state index is 13.0. The summed E-state index contributed by atoms with van der Waals surface area (Å²) < 4.78 is 17.7. The Bertz CT molecular complexity index is 707. The monoisotopic (exact) mass is 218 g/mol. The van der Waals surface area contributed by atoms with Crippen molar-refractivity contribution in [2.75, 3.05) is 0 Å². The number of rotatable bonds is 0. The molecule has 3 rings (SSSR count). The van der Waals surface area contributed by atoms with E-state index in [4.69, 9.17) is 0 Å². The molecule has 5 nitrogen and oxygen atoms in total. The van der Waals surface area contributed by atoms with Crippen LogP contribution in [0.15, 0.2) is 10.8 Å². The standard InChI is InChI=1S/C10H7FN4O/c1-4-7-8(13-6(11)3-12-7)5(2)10-9(4)14-16-15-10/h3H,1-2H3. The first-order chi connectivity index (χ1) is 7.68. The topological polar surface area (TPSA) is 64.7 Å². The summed E-state index contributed by atoms with van der Waals surface area (Å²) in [5, 5.41) is 7.59. The van der Waals surface area contributed by atoms with Gasteiger partial charge in [-0.2, -0.15) is 4.39 Å². The van der Waals surface area contributed by atoms with Crippen LogP contribution in [0.1, 0.15) is 11.1 Å². The highest BCUT2D eigenvalue weighted by atomic mass is 19.1. The molecule has 2 aromatic heterocycles. The van der Waals surface area contributed by atoms with Crippen molar-refractivity contribution in [3.05, 3.63) is 23.3 Å². The molecular formula is C10H7FN4O. The van der Waals surface area contributed by atoms with Crippen molar-refractivity contribution in [2.24, 2.45) is 0 Å². The summed E-state index contributed by atoms with van der Waals surface area (Å²) in [6.07, 6.45) is 1.09. The molecule has 0 bridgehead atoms. The number of fused-ring (bicyclic) bond motifs is 2. The predicted octanol–water partition coefficient (Wildman–Crippen LogP) is 1.92. The van der Waals surface area contributed by atoms with Gasteiger partial charge in [-0.25, -0.2) is 14.6 Å². The smallest absolute Gasteiger partial charge is 0.231 e. The van der Waals surface area contributed by atoms with Gasteiger partial charge >= 0.3 is 0 Å². The minimum Gasteiger partial charge on any atom is -0.249 e. The third-order valence-electron chi connectivity index (χ3n) is 2.65. The fraction of sp³-hybridized carbons (Fsp3) is 0.200. The van der Waals surface area contributed by atoms with Crippen molar-refractivity contribution in [3.63, 3.8) is 0 Å². The lowest BCUT2D eigenvalue weighted by atomic mass is 10.1. The van der Waals surface area contributed by atoms with Gasteiger partial charge in [0.15, 0.2) is 0 Å². The number of aryl methyl sites for hydroxylation is 2. The van der Waals surface area contributed by atoms with Crippen molar-refractivity contribution in [1.82, 2.24) is 20.3 Å². The Labute approximate surface area is 89.3 Å². The first-order valence-corrected chi connectivity index (χ1v) is 4.72. The number of hydrogen-bond donors (Lipinski definition) is 0. The summed E-state index contributed by atoms with van der Waals surface area (Å²) in [7, 11) is 0. The lowest BCUT2D eigenvalue weighted by Crippen LogP contribution is -1.95. The minimum atomic E-state index is -0.606. The van der Waals surface area contributed by atoms with Crippen LogP contribution >= 0.6 is 0 Å². The van der Waals surface area contributed by atoms with Gasteiger partial charge in [-0.05, 0) is 24.2 Å². The normalized spacial score (nSPS) is 11.4. The van der Waals surface area contributed by atoms with Gasteiger partial charge in [0.2, 0.25) is 5.95 Å². The lowest BCUT2D eigenvalue weighted by molar-refractivity contribution is 0.315. The van der Waals surface area contributed by atoms with Gasteiger partial charge in [0.25, 0.3) is 0 Å². The lowest BCUT2D eigenvalue weighted by Gasteiger charge is -2.03. The maximum atomic E-state index is 13.0. The zero-order valence-electron chi connectivity index (χ0n) is 8.65. The molecule has 0 saturated heterocycles. The van der Waals surface area contributed by atoms with Crippen LogP contribution in [0.4, 0.5) is 4.39 Å². The second-order valence-electron chi connectivity index (χ2n) is 3.60. The second-order valence-corrected chi connectivity index (χ2v) is 3.60. The molecule has 2 heterocycles. The molecule has 0 spiro atoms. The van der Waals surface area contributed by atoms with Crippen molar-refractivity contribution in [1.29, 1.82) is 0 Å². The molecule has 1 aromatic carbocycles. The number of benzene rings is 1. The van der Waals surface area contributed by atoms with E-state index in [0.717, 1.165) is 17.3 Å². The van der Waals surface area contributed by atoms with Crippen LogP contribution in [-0.4, -0.2) is 20.3 Å². The van der Waals surface area contributed by atoms with E-state index in [1.165, 1.54) is 0 Å². The van der Waals surface area contributed by atoms with Crippen LogP contribution in [0, 0.1) is 19.8 Å². The SMILES string of the molecule is Cc1c2ncc(F)nc2c(C)c2nonc12. The summed E-state index contributed by atoms with van der Waals surface area (Å²) >= 11 is 0. The first-order valence-electron chi connectivity index (χ1n) is 4.72. The van der Waals surface area contributed by atoms with E-state index < -0.39 is 5.95 Å². The predicted molar refractivity (Wildman–Crippen MR) is 54.3 cm³/mol. The summed E-state index contributed by atoms with van der Waals surface area (Å²) in [4.78, 5) is 7.85. The fourth-order valence-corrected chi connectivity index (χ4v) is 1.81. The molecule has 0 atom stereocenters. The Morgan fingerprint density at radius 1 is 1.00 bits per heavy atom. The van der Waals surface area contributed by atoms with E-state index in [0.29, 0.717) is 22.1 Å². The molecular weight excluding hydrogens is 211 g/mol. The molecule has 0 aliphatic carbocycles. The van der Waals surface area contributed by atoms with Crippen LogP contribution < -0.4 is 0 Å². The zero-order chi connectivity index (χ0) is 11.3. The highest BCUT2D eigenvalue weighted by Gasteiger charge is 2.15. The second kappa shape index (κ2) is 2.94. The van der Waals surface area contributed by atoms with Gasteiger partial charge < -0.3 is 0 Å². The van der Waals surface area contributed by atoms with Gasteiger partial charge in [-0.15, -0.1) is 0 Å². The van der Waals surface area contributed by atoms with Crippen molar-refractivity contribution < 1.29 is 9.02 Å². The molecule has 0 amide bonds. The molecule has 6 heteroatoms. The first kappa shape index (κ1) is 9.14. The third kappa shape index (κ3) is 1.04. The minimum absolute atomic E-state index is 0.501. The maximum Gasteiger partial charge on any atom is 0.231 e. The molecule has 0 radical (unpaired) electrons. The van der Waals surface area contributed by atoms with Gasteiger partial charge in [-0.1, -0.05) is 0 Å². The zero-order valence-corrected chi connectivity index (χ0v) is 8.65. The highest BCUT2D eigenvalue weighted by molar-refractivity contribution is 5.98. The summed E-state index contributed by atoms with van der Waals surface area (Å²) in [6, 6.07) is 0. The highest BCUT2D eigenvalue weighted by Crippen LogP contribution is 2.27. The van der Waals surface area contributed by atoms with Gasteiger partial charge in [0.05, 0.1) is 17.2 Å². The Kier molecular flexibility index (Phi) is 1.68. The molecule has 0 unspecified atom stereocenters. The molecule has 3 aromatic rings. The molecule has 80 valence electrons. The van der Waals surface area contributed by atoms with Crippen LogP contribution in [0.3, 0.4) is 0 Å². The largest absolute Gasteiger partial charge is 0.249 e. The molecule has 0 saturated carbocycles. The van der Waals surface area contributed by atoms with Crippen LogP contribution in [0.5, 0.6) is 0 Å². The quantitative estimate of drug-likeness (QED) is 0.576. The molecule has 0 N–H and O–H groups in total. The van der Waals surface area contributed by atoms with Crippen LogP contribution in [-0.2, 0) is 0 Å². The van der Waals surface area contributed by atoms with E-state index in [1.54, 1.807) is 6.92 Å². The Morgan fingerprint density at radius 2 is 1.62 bits per heavy atom.